The quantitative estimate of drug-likeness (QED) is 0.847. The van der Waals surface area contributed by atoms with Crippen LogP contribution in [0.1, 0.15) is 19.3 Å². The molecule has 1 N–H and O–H groups in total. The van der Waals surface area contributed by atoms with Gasteiger partial charge in [-0.15, -0.1) is 0 Å². The highest BCUT2D eigenvalue weighted by atomic mass is 79.9. The van der Waals surface area contributed by atoms with Crippen LogP contribution in [0.5, 0.6) is 0 Å². The topological polar surface area (TPSA) is 28.2 Å². The summed E-state index contributed by atoms with van der Waals surface area (Å²) in [6.45, 7) is 2.35. The van der Waals surface area contributed by atoms with Gasteiger partial charge in [0.1, 0.15) is 5.15 Å². The van der Waals surface area contributed by atoms with Gasteiger partial charge in [0.05, 0.1) is 16.4 Å². The van der Waals surface area contributed by atoms with E-state index in [0.29, 0.717) is 11.2 Å². The van der Waals surface area contributed by atoms with Crippen molar-refractivity contribution in [1.29, 1.82) is 0 Å². The fraction of sp³-hybridized carbons (Fsp3) is 0.583. The minimum absolute atomic E-state index is 0.510. The molecule has 2 heterocycles. The van der Waals surface area contributed by atoms with Crippen LogP contribution in [0.25, 0.3) is 0 Å². The zero-order valence-electron chi connectivity index (χ0n) is 9.92. The van der Waals surface area contributed by atoms with Gasteiger partial charge in [0, 0.05) is 6.04 Å². The highest BCUT2D eigenvalue weighted by molar-refractivity contribution is 9.10. The van der Waals surface area contributed by atoms with Gasteiger partial charge in [-0.05, 0) is 61.4 Å². The number of pyridine rings is 1. The van der Waals surface area contributed by atoms with Crippen LogP contribution < -0.4 is 5.32 Å². The average Bonchev–Trinajstić information content (AvgIpc) is 2.49. The summed E-state index contributed by atoms with van der Waals surface area (Å²) >= 11 is 9.27. The normalized spacial score (nSPS) is 22.2. The van der Waals surface area contributed by atoms with Crippen molar-refractivity contribution in [1.82, 2.24) is 9.88 Å². The summed E-state index contributed by atoms with van der Waals surface area (Å²) in [5, 5.41) is 4.04. The maximum atomic E-state index is 5.88. The number of hydrogen-bond acceptors (Lipinski definition) is 3. The van der Waals surface area contributed by atoms with Crippen molar-refractivity contribution in [3.8, 4) is 0 Å². The Balaban J connectivity index is 1.97. The van der Waals surface area contributed by atoms with E-state index in [1.54, 1.807) is 6.20 Å². The van der Waals surface area contributed by atoms with E-state index in [2.05, 4.69) is 38.2 Å². The lowest BCUT2D eigenvalue weighted by Crippen LogP contribution is -2.23. The summed E-state index contributed by atoms with van der Waals surface area (Å²) < 4.78 is 0.843. The van der Waals surface area contributed by atoms with E-state index in [-0.39, 0.29) is 0 Å². The molecule has 0 spiro atoms. The molecule has 17 heavy (non-hydrogen) atoms. The third kappa shape index (κ3) is 3.83. The van der Waals surface area contributed by atoms with Crippen molar-refractivity contribution in [3.63, 3.8) is 0 Å². The molecule has 1 aromatic rings. The second-order valence-corrected chi connectivity index (χ2v) is 5.78. The van der Waals surface area contributed by atoms with Gasteiger partial charge in [-0.1, -0.05) is 11.6 Å². The molecular formula is C12H17BrClN3. The molecule has 1 fully saturated rings. The second kappa shape index (κ2) is 6.03. The molecule has 1 unspecified atom stereocenters. The zero-order chi connectivity index (χ0) is 12.3. The van der Waals surface area contributed by atoms with E-state index in [4.69, 9.17) is 11.6 Å². The van der Waals surface area contributed by atoms with Gasteiger partial charge in [0.15, 0.2) is 0 Å². The smallest absolute Gasteiger partial charge is 0.143 e. The minimum atomic E-state index is 0.510. The SMILES string of the molecule is CN1CCCC(Nc2cnc(Cl)c(Br)c2)CC1. The van der Waals surface area contributed by atoms with Crippen molar-refractivity contribution in [2.75, 3.05) is 25.5 Å². The number of likely N-dealkylation sites (tertiary alicyclic amines) is 1. The van der Waals surface area contributed by atoms with Crippen LogP contribution in [0.2, 0.25) is 5.15 Å². The first-order chi connectivity index (χ1) is 8.15. The zero-order valence-corrected chi connectivity index (χ0v) is 12.3. The van der Waals surface area contributed by atoms with Gasteiger partial charge < -0.3 is 10.2 Å². The van der Waals surface area contributed by atoms with Crippen LogP contribution in [0, 0.1) is 0 Å². The molecule has 0 amide bonds. The summed E-state index contributed by atoms with van der Waals surface area (Å²) in [6.07, 6.45) is 5.43. The van der Waals surface area contributed by atoms with Crippen LogP contribution in [0.3, 0.4) is 0 Å². The molecule has 1 aliphatic heterocycles. The average molecular weight is 319 g/mol. The largest absolute Gasteiger partial charge is 0.381 e. The Kier molecular flexibility index (Phi) is 4.65. The molecule has 3 nitrogen and oxygen atoms in total. The maximum Gasteiger partial charge on any atom is 0.143 e. The third-order valence-electron chi connectivity index (χ3n) is 3.12. The highest BCUT2D eigenvalue weighted by Gasteiger charge is 2.14. The predicted molar refractivity (Wildman–Crippen MR) is 75.7 cm³/mol. The van der Waals surface area contributed by atoms with Gasteiger partial charge in [-0.25, -0.2) is 4.98 Å². The van der Waals surface area contributed by atoms with Crippen molar-refractivity contribution in [2.45, 2.75) is 25.3 Å². The Hall–Kier alpha value is -0.320. The molecule has 0 radical (unpaired) electrons. The van der Waals surface area contributed by atoms with Crippen LogP contribution in [-0.4, -0.2) is 36.1 Å². The minimum Gasteiger partial charge on any atom is -0.381 e. The molecule has 0 aromatic carbocycles. The summed E-state index contributed by atoms with van der Waals surface area (Å²) in [5.41, 5.74) is 1.04. The lowest BCUT2D eigenvalue weighted by molar-refractivity contribution is 0.348. The van der Waals surface area contributed by atoms with E-state index in [1.165, 1.54) is 25.8 Å². The van der Waals surface area contributed by atoms with Crippen LogP contribution in [0.4, 0.5) is 5.69 Å². The standard InChI is InChI=1S/C12H17BrClN3/c1-17-5-2-3-9(4-6-17)16-10-7-11(13)12(14)15-8-10/h7-9,16H,2-6H2,1H3. The highest BCUT2D eigenvalue weighted by Crippen LogP contribution is 2.24. The number of nitrogens with zero attached hydrogens (tertiary/aromatic N) is 2. The number of nitrogens with one attached hydrogen (secondary N) is 1. The fourth-order valence-electron chi connectivity index (χ4n) is 2.12. The van der Waals surface area contributed by atoms with Crippen molar-refractivity contribution >= 4 is 33.2 Å². The van der Waals surface area contributed by atoms with Crippen LogP contribution in [0.15, 0.2) is 16.7 Å². The lowest BCUT2D eigenvalue weighted by atomic mass is 10.1. The molecule has 94 valence electrons. The van der Waals surface area contributed by atoms with Crippen LogP contribution in [-0.2, 0) is 0 Å². The van der Waals surface area contributed by atoms with Gasteiger partial charge >= 0.3 is 0 Å². The molecule has 0 saturated carbocycles. The van der Waals surface area contributed by atoms with Crippen molar-refractivity contribution in [3.05, 3.63) is 21.9 Å². The van der Waals surface area contributed by atoms with E-state index in [1.807, 2.05) is 6.07 Å². The first kappa shape index (κ1) is 13.1. The maximum absolute atomic E-state index is 5.88. The Morgan fingerprint density at radius 2 is 2.29 bits per heavy atom. The van der Waals surface area contributed by atoms with E-state index in [9.17, 15) is 0 Å². The van der Waals surface area contributed by atoms with E-state index in [0.717, 1.165) is 16.7 Å². The Labute approximate surface area is 116 Å². The fourth-order valence-corrected chi connectivity index (χ4v) is 2.57. The summed E-state index contributed by atoms with van der Waals surface area (Å²) in [5.74, 6) is 0. The van der Waals surface area contributed by atoms with E-state index < -0.39 is 0 Å². The number of hydrogen-bond donors (Lipinski definition) is 1. The Morgan fingerprint density at radius 3 is 3.06 bits per heavy atom. The first-order valence-corrected chi connectivity index (χ1v) is 7.08. The molecular weight excluding hydrogens is 302 g/mol. The summed E-state index contributed by atoms with van der Waals surface area (Å²) in [4.78, 5) is 6.51. The summed E-state index contributed by atoms with van der Waals surface area (Å²) in [6, 6.07) is 2.53. The Morgan fingerprint density at radius 1 is 1.47 bits per heavy atom. The van der Waals surface area contributed by atoms with Crippen molar-refractivity contribution < 1.29 is 0 Å². The number of halogens is 2. The summed E-state index contributed by atoms with van der Waals surface area (Å²) in [7, 11) is 2.18. The molecule has 0 aliphatic carbocycles. The van der Waals surface area contributed by atoms with Gasteiger partial charge in [0.2, 0.25) is 0 Å². The molecule has 1 aliphatic rings. The number of aromatic nitrogens is 1. The van der Waals surface area contributed by atoms with Crippen LogP contribution >= 0.6 is 27.5 Å². The van der Waals surface area contributed by atoms with Gasteiger partial charge in [-0.2, -0.15) is 0 Å². The number of anilines is 1. The van der Waals surface area contributed by atoms with E-state index >= 15 is 0 Å². The molecule has 2 rings (SSSR count). The molecule has 1 atom stereocenters. The number of rotatable bonds is 2. The molecule has 1 saturated heterocycles. The Bertz CT molecular complexity index is 386. The lowest BCUT2D eigenvalue weighted by Gasteiger charge is -2.18. The monoisotopic (exact) mass is 317 g/mol. The molecule has 5 heteroatoms. The van der Waals surface area contributed by atoms with Crippen molar-refractivity contribution in [2.24, 2.45) is 0 Å². The molecule has 0 bridgehead atoms. The predicted octanol–water partition coefficient (Wildman–Crippen LogP) is 3.39. The van der Waals surface area contributed by atoms with Gasteiger partial charge in [0.25, 0.3) is 0 Å². The second-order valence-electron chi connectivity index (χ2n) is 4.57. The first-order valence-electron chi connectivity index (χ1n) is 5.91. The third-order valence-corrected chi connectivity index (χ3v) is 4.25. The molecule has 1 aromatic heterocycles. The van der Waals surface area contributed by atoms with Gasteiger partial charge in [-0.3, -0.25) is 0 Å².